The predicted molar refractivity (Wildman–Crippen MR) is 59.2 cm³/mol. The second-order valence-corrected chi connectivity index (χ2v) is 3.83. The monoisotopic (exact) mass is 222 g/mol. The van der Waals surface area contributed by atoms with E-state index < -0.39 is 11.9 Å². The third kappa shape index (κ3) is 3.30. The minimum absolute atomic E-state index is 0.192. The molecule has 2 atom stereocenters. The van der Waals surface area contributed by atoms with E-state index >= 15 is 0 Å². The van der Waals surface area contributed by atoms with Gasteiger partial charge < -0.3 is 10.4 Å². The van der Waals surface area contributed by atoms with Crippen molar-refractivity contribution in [2.24, 2.45) is 0 Å². The molecule has 0 saturated heterocycles. The van der Waals surface area contributed by atoms with Gasteiger partial charge in [-0.05, 0) is 26.0 Å². The molecule has 0 bridgehead atoms. The molecule has 0 fully saturated rings. The normalized spacial score (nSPS) is 14.2. The first-order chi connectivity index (χ1) is 7.54. The predicted octanol–water partition coefficient (Wildman–Crippen LogP) is 1.73. The largest absolute Gasteiger partial charge is 0.392 e. The lowest BCUT2D eigenvalue weighted by Gasteiger charge is -2.16. The number of hydrogen-bond donors (Lipinski definition) is 2. The van der Waals surface area contributed by atoms with Crippen molar-refractivity contribution in [3.8, 4) is 6.07 Å². The van der Waals surface area contributed by atoms with Gasteiger partial charge in [0, 0.05) is 18.2 Å². The molecule has 2 N–H and O–H groups in total. The molecule has 0 spiro atoms. The van der Waals surface area contributed by atoms with E-state index in [0.29, 0.717) is 17.7 Å². The van der Waals surface area contributed by atoms with E-state index in [0.717, 1.165) is 0 Å². The molecule has 4 heteroatoms. The molecular weight excluding hydrogens is 207 g/mol. The van der Waals surface area contributed by atoms with Crippen LogP contribution in [0.3, 0.4) is 0 Å². The molecule has 3 nitrogen and oxygen atoms in total. The summed E-state index contributed by atoms with van der Waals surface area (Å²) in [5.74, 6) is -0.398. The smallest absolute Gasteiger partial charge is 0.129 e. The molecule has 86 valence electrons. The fraction of sp³-hybridized carbons (Fsp3) is 0.417. The van der Waals surface area contributed by atoms with Crippen LogP contribution in [0.2, 0.25) is 0 Å². The Morgan fingerprint density at radius 1 is 1.50 bits per heavy atom. The Balaban J connectivity index is 2.76. The summed E-state index contributed by atoms with van der Waals surface area (Å²) in [7, 11) is 0. The van der Waals surface area contributed by atoms with Crippen LogP contribution < -0.4 is 5.32 Å². The Morgan fingerprint density at radius 2 is 2.19 bits per heavy atom. The van der Waals surface area contributed by atoms with E-state index in [9.17, 15) is 4.39 Å². The van der Waals surface area contributed by atoms with Crippen molar-refractivity contribution < 1.29 is 9.50 Å². The third-order valence-corrected chi connectivity index (χ3v) is 2.32. The highest BCUT2D eigenvalue weighted by Crippen LogP contribution is 2.17. The van der Waals surface area contributed by atoms with Gasteiger partial charge in [0.05, 0.1) is 17.7 Å². The van der Waals surface area contributed by atoms with Gasteiger partial charge >= 0.3 is 0 Å². The van der Waals surface area contributed by atoms with Crippen molar-refractivity contribution in [1.82, 2.24) is 5.32 Å². The van der Waals surface area contributed by atoms with E-state index in [2.05, 4.69) is 5.32 Å². The zero-order valence-corrected chi connectivity index (χ0v) is 9.37. The van der Waals surface area contributed by atoms with Crippen LogP contribution in [0.5, 0.6) is 0 Å². The van der Waals surface area contributed by atoms with E-state index in [1.54, 1.807) is 19.1 Å². The quantitative estimate of drug-likeness (QED) is 0.815. The van der Waals surface area contributed by atoms with Gasteiger partial charge in [-0.2, -0.15) is 5.26 Å². The van der Waals surface area contributed by atoms with Crippen molar-refractivity contribution in [1.29, 1.82) is 5.26 Å². The minimum atomic E-state index is -0.469. The molecule has 0 aliphatic rings. The lowest BCUT2D eigenvalue weighted by Crippen LogP contribution is -2.27. The Labute approximate surface area is 94.5 Å². The summed E-state index contributed by atoms with van der Waals surface area (Å²) in [6.45, 7) is 3.88. The second kappa shape index (κ2) is 5.59. The van der Waals surface area contributed by atoms with Gasteiger partial charge in [-0.25, -0.2) is 4.39 Å². The van der Waals surface area contributed by atoms with Crippen LogP contribution in [0, 0.1) is 17.1 Å². The Bertz CT molecular complexity index is 398. The highest BCUT2D eigenvalue weighted by molar-refractivity contribution is 5.34. The lowest BCUT2D eigenvalue weighted by atomic mass is 10.1. The fourth-order valence-corrected chi connectivity index (χ4v) is 1.41. The van der Waals surface area contributed by atoms with Gasteiger partial charge in [-0.15, -0.1) is 0 Å². The zero-order valence-electron chi connectivity index (χ0n) is 9.37. The first-order valence-electron chi connectivity index (χ1n) is 5.15. The minimum Gasteiger partial charge on any atom is -0.392 e. The van der Waals surface area contributed by atoms with Crippen molar-refractivity contribution >= 4 is 0 Å². The topological polar surface area (TPSA) is 56.0 Å². The van der Waals surface area contributed by atoms with Gasteiger partial charge in [0.25, 0.3) is 0 Å². The highest BCUT2D eigenvalue weighted by atomic mass is 19.1. The maximum Gasteiger partial charge on any atom is 0.129 e. The summed E-state index contributed by atoms with van der Waals surface area (Å²) in [5, 5.41) is 20.7. The molecule has 0 aliphatic heterocycles. The number of nitriles is 1. The molecule has 0 saturated carbocycles. The molecule has 0 heterocycles. The first kappa shape index (κ1) is 12.6. The summed E-state index contributed by atoms with van der Waals surface area (Å²) in [4.78, 5) is 0. The maximum atomic E-state index is 13.6. The van der Waals surface area contributed by atoms with Crippen molar-refractivity contribution in [2.45, 2.75) is 26.0 Å². The van der Waals surface area contributed by atoms with Crippen LogP contribution in [-0.4, -0.2) is 17.8 Å². The summed E-state index contributed by atoms with van der Waals surface area (Å²) < 4.78 is 13.6. The van der Waals surface area contributed by atoms with Gasteiger partial charge in [0.1, 0.15) is 5.82 Å². The standard InChI is InChI=1S/C12H15FN2O/c1-8(16)7-15-9(2)11-4-3-10(6-14)5-12(11)13/h3-5,8-9,15-16H,7H2,1-2H3/t8-,9?/m1/s1. The molecule has 1 rings (SSSR count). The summed E-state index contributed by atoms with van der Waals surface area (Å²) in [6, 6.07) is 6.08. The number of halogens is 1. The van der Waals surface area contributed by atoms with Crippen LogP contribution in [0.15, 0.2) is 18.2 Å². The fourth-order valence-electron chi connectivity index (χ4n) is 1.41. The number of rotatable bonds is 4. The second-order valence-electron chi connectivity index (χ2n) is 3.83. The highest BCUT2D eigenvalue weighted by Gasteiger charge is 2.11. The molecule has 0 amide bonds. The lowest BCUT2D eigenvalue weighted by molar-refractivity contribution is 0.187. The third-order valence-electron chi connectivity index (χ3n) is 2.32. The molecule has 16 heavy (non-hydrogen) atoms. The molecular formula is C12H15FN2O. The van der Waals surface area contributed by atoms with Gasteiger partial charge in [-0.1, -0.05) is 6.07 Å². The number of benzene rings is 1. The zero-order chi connectivity index (χ0) is 12.1. The summed E-state index contributed by atoms with van der Waals surface area (Å²) in [6.07, 6.45) is -0.469. The van der Waals surface area contributed by atoms with Crippen molar-refractivity contribution in [3.05, 3.63) is 35.1 Å². The molecule has 0 aliphatic carbocycles. The van der Waals surface area contributed by atoms with E-state index in [1.807, 2.05) is 13.0 Å². The number of nitrogens with zero attached hydrogens (tertiary/aromatic N) is 1. The maximum absolute atomic E-state index is 13.6. The van der Waals surface area contributed by atoms with Crippen molar-refractivity contribution in [3.63, 3.8) is 0 Å². The molecule has 1 unspecified atom stereocenters. The van der Waals surface area contributed by atoms with E-state index in [4.69, 9.17) is 10.4 Å². The van der Waals surface area contributed by atoms with E-state index in [-0.39, 0.29) is 6.04 Å². The van der Waals surface area contributed by atoms with Crippen LogP contribution in [0.25, 0.3) is 0 Å². The average molecular weight is 222 g/mol. The Morgan fingerprint density at radius 3 is 2.69 bits per heavy atom. The molecule has 1 aromatic carbocycles. The Kier molecular flexibility index (Phi) is 4.41. The van der Waals surface area contributed by atoms with Crippen LogP contribution in [-0.2, 0) is 0 Å². The van der Waals surface area contributed by atoms with Crippen LogP contribution >= 0.6 is 0 Å². The summed E-state index contributed by atoms with van der Waals surface area (Å²) >= 11 is 0. The average Bonchev–Trinajstić information content (AvgIpc) is 2.25. The molecule has 0 aromatic heterocycles. The number of aliphatic hydroxyl groups excluding tert-OH is 1. The first-order valence-corrected chi connectivity index (χ1v) is 5.15. The summed E-state index contributed by atoms with van der Waals surface area (Å²) in [5.41, 5.74) is 0.809. The number of nitrogens with one attached hydrogen (secondary N) is 1. The van der Waals surface area contributed by atoms with Crippen molar-refractivity contribution in [2.75, 3.05) is 6.54 Å². The van der Waals surface area contributed by atoms with Gasteiger partial charge in [0.2, 0.25) is 0 Å². The molecule has 1 aromatic rings. The van der Waals surface area contributed by atoms with Crippen LogP contribution in [0.1, 0.15) is 31.0 Å². The SMILES string of the molecule is CC(NC[C@@H](C)O)c1ccc(C#N)cc1F. The van der Waals surface area contributed by atoms with Gasteiger partial charge in [0.15, 0.2) is 0 Å². The Hall–Kier alpha value is -1.44. The van der Waals surface area contributed by atoms with Crippen LogP contribution in [0.4, 0.5) is 4.39 Å². The number of aliphatic hydroxyl groups is 1. The molecule has 0 radical (unpaired) electrons. The van der Waals surface area contributed by atoms with Gasteiger partial charge in [-0.3, -0.25) is 0 Å². The van der Waals surface area contributed by atoms with E-state index in [1.165, 1.54) is 6.07 Å². The number of hydrogen-bond acceptors (Lipinski definition) is 3.